The summed E-state index contributed by atoms with van der Waals surface area (Å²) in [5.74, 6) is 0. The number of hydrogen-bond donors (Lipinski definition) is 2. The number of nitrogen functional groups attached to an aromatic ring is 1. The van der Waals surface area contributed by atoms with Crippen LogP contribution >= 0.6 is 0 Å². The Balaban J connectivity index is 2.47. The van der Waals surface area contributed by atoms with Gasteiger partial charge in [0.2, 0.25) is 10.0 Å². The minimum atomic E-state index is -3.81. The molecule has 0 amide bonds. The van der Waals surface area contributed by atoms with E-state index in [0.717, 1.165) is 19.3 Å². The molecule has 6 nitrogen and oxygen atoms in total. The molecule has 0 aliphatic carbocycles. The molecule has 1 unspecified atom stereocenters. The first-order valence-electron chi connectivity index (χ1n) is 6.93. The molecule has 1 saturated heterocycles. The second kappa shape index (κ2) is 6.43. The van der Waals surface area contributed by atoms with Gasteiger partial charge in [0, 0.05) is 18.3 Å². The lowest BCUT2D eigenvalue weighted by atomic mass is 10.1. The molecule has 0 saturated carbocycles. The maximum atomic E-state index is 12.8. The summed E-state index contributed by atoms with van der Waals surface area (Å²) in [6, 6.07) is 5.65. The molecule has 1 fully saturated rings. The minimum absolute atomic E-state index is 0.0379. The minimum Gasteiger partial charge on any atom is -0.399 e. The van der Waals surface area contributed by atoms with Crippen molar-refractivity contribution in [3.05, 3.63) is 23.8 Å². The second-order valence-corrected chi connectivity index (χ2v) is 7.03. The van der Waals surface area contributed by atoms with Crippen LogP contribution in [0.3, 0.4) is 0 Å². The zero-order valence-electron chi connectivity index (χ0n) is 11.7. The highest BCUT2D eigenvalue weighted by Crippen LogP contribution is 2.27. The molecule has 0 aromatic heterocycles. The van der Waals surface area contributed by atoms with Gasteiger partial charge < -0.3 is 10.8 Å². The lowest BCUT2D eigenvalue weighted by Gasteiger charge is -2.28. The number of nitrogens with two attached hydrogens (primary N) is 1. The monoisotopic (exact) mass is 309 g/mol. The number of hydrogen-bond acceptors (Lipinski definition) is 5. The van der Waals surface area contributed by atoms with Crippen LogP contribution in [0.4, 0.5) is 5.69 Å². The van der Waals surface area contributed by atoms with Crippen molar-refractivity contribution >= 4 is 15.7 Å². The molecule has 7 heteroatoms. The largest absolute Gasteiger partial charge is 0.399 e. The van der Waals surface area contributed by atoms with E-state index in [9.17, 15) is 13.5 Å². The summed E-state index contributed by atoms with van der Waals surface area (Å²) in [6.07, 6.45) is 3.22. The van der Waals surface area contributed by atoms with E-state index in [1.807, 2.05) is 6.07 Å². The van der Waals surface area contributed by atoms with E-state index >= 15 is 0 Å². The van der Waals surface area contributed by atoms with E-state index in [-0.39, 0.29) is 17.1 Å². The van der Waals surface area contributed by atoms with Crippen molar-refractivity contribution in [1.29, 1.82) is 5.26 Å². The van der Waals surface area contributed by atoms with Crippen LogP contribution in [0.25, 0.3) is 0 Å². The molecule has 2 rings (SSSR count). The predicted octanol–water partition coefficient (Wildman–Crippen LogP) is 1.07. The SMILES string of the molecule is N#Cc1cc(N)ccc1S(=O)(=O)N1CCCCCC1CO. The zero-order valence-corrected chi connectivity index (χ0v) is 12.5. The van der Waals surface area contributed by atoms with Crippen LogP contribution in [-0.2, 0) is 10.0 Å². The third kappa shape index (κ3) is 3.18. The normalized spacial score (nSPS) is 20.7. The van der Waals surface area contributed by atoms with E-state index in [4.69, 9.17) is 11.0 Å². The van der Waals surface area contributed by atoms with Crippen LogP contribution in [0.15, 0.2) is 23.1 Å². The average Bonchev–Trinajstić information content (AvgIpc) is 2.72. The lowest BCUT2D eigenvalue weighted by Crippen LogP contribution is -2.42. The third-order valence-electron chi connectivity index (χ3n) is 3.74. The average molecular weight is 309 g/mol. The Bertz CT molecular complexity index is 652. The van der Waals surface area contributed by atoms with Crippen LogP contribution in [0.5, 0.6) is 0 Å². The van der Waals surface area contributed by atoms with Crippen LogP contribution in [0.1, 0.15) is 31.2 Å². The quantitative estimate of drug-likeness (QED) is 0.812. The molecule has 1 aromatic rings. The third-order valence-corrected chi connectivity index (χ3v) is 5.75. The molecule has 114 valence electrons. The Hall–Kier alpha value is -1.62. The number of nitrogens with zero attached hydrogens (tertiary/aromatic N) is 2. The topological polar surface area (TPSA) is 107 Å². The number of rotatable bonds is 3. The van der Waals surface area contributed by atoms with E-state index in [2.05, 4.69) is 0 Å². The van der Waals surface area contributed by atoms with Gasteiger partial charge in [-0.25, -0.2) is 8.42 Å². The van der Waals surface area contributed by atoms with Crippen LogP contribution < -0.4 is 5.73 Å². The molecule has 0 bridgehead atoms. The summed E-state index contributed by atoms with van der Waals surface area (Å²) in [5, 5.41) is 18.6. The Kier molecular flexibility index (Phi) is 4.83. The van der Waals surface area contributed by atoms with Crippen molar-refractivity contribution in [2.45, 2.75) is 36.6 Å². The van der Waals surface area contributed by atoms with Crippen LogP contribution in [-0.4, -0.2) is 37.0 Å². The van der Waals surface area contributed by atoms with Crippen molar-refractivity contribution in [2.75, 3.05) is 18.9 Å². The maximum Gasteiger partial charge on any atom is 0.244 e. The predicted molar refractivity (Wildman–Crippen MR) is 78.8 cm³/mol. The number of sulfonamides is 1. The van der Waals surface area contributed by atoms with Crippen LogP contribution in [0, 0.1) is 11.3 Å². The van der Waals surface area contributed by atoms with Gasteiger partial charge in [0.25, 0.3) is 0 Å². The van der Waals surface area contributed by atoms with Crippen molar-refractivity contribution < 1.29 is 13.5 Å². The van der Waals surface area contributed by atoms with Gasteiger partial charge in [0.1, 0.15) is 11.0 Å². The van der Waals surface area contributed by atoms with E-state index in [0.29, 0.717) is 18.7 Å². The Morgan fingerprint density at radius 3 is 2.81 bits per heavy atom. The first-order chi connectivity index (χ1) is 10.0. The second-order valence-electron chi connectivity index (χ2n) is 5.17. The highest BCUT2D eigenvalue weighted by atomic mass is 32.2. The van der Waals surface area contributed by atoms with Gasteiger partial charge in [-0.1, -0.05) is 12.8 Å². The van der Waals surface area contributed by atoms with Gasteiger partial charge in [0.15, 0.2) is 0 Å². The standard InChI is InChI=1S/C14H19N3O3S/c15-9-11-8-12(16)5-6-14(11)21(19,20)17-7-3-1-2-4-13(17)10-18/h5-6,8,13,18H,1-4,7,10,16H2. The van der Waals surface area contributed by atoms with Gasteiger partial charge >= 0.3 is 0 Å². The summed E-state index contributed by atoms with van der Waals surface area (Å²) in [4.78, 5) is -0.0421. The number of aliphatic hydroxyl groups excluding tert-OH is 1. The Morgan fingerprint density at radius 1 is 1.38 bits per heavy atom. The fourth-order valence-corrected chi connectivity index (χ4v) is 4.45. The molecule has 0 radical (unpaired) electrons. The zero-order chi connectivity index (χ0) is 15.5. The van der Waals surface area contributed by atoms with Crippen molar-refractivity contribution in [3.63, 3.8) is 0 Å². The molecule has 1 atom stereocenters. The van der Waals surface area contributed by atoms with Crippen molar-refractivity contribution in [3.8, 4) is 6.07 Å². The number of anilines is 1. The highest BCUT2D eigenvalue weighted by molar-refractivity contribution is 7.89. The van der Waals surface area contributed by atoms with Gasteiger partial charge in [-0.15, -0.1) is 0 Å². The van der Waals surface area contributed by atoms with E-state index in [1.54, 1.807) is 0 Å². The molecule has 21 heavy (non-hydrogen) atoms. The lowest BCUT2D eigenvalue weighted by molar-refractivity contribution is 0.186. The molecule has 1 aromatic carbocycles. The number of aliphatic hydroxyl groups is 1. The summed E-state index contributed by atoms with van der Waals surface area (Å²) >= 11 is 0. The highest BCUT2D eigenvalue weighted by Gasteiger charge is 2.33. The summed E-state index contributed by atoms with van der Waals surface area (Å²) in [7, 11) is -3.81. The Morgan fingerprint density at radius 2 is 2.14 bits per heavy atom. The first kappa shape index (κ1) is 15.8. The van der Waals surface area contributed by atoms with E-state index in [1.165, 1.54) is 22.5 Å². The van der Waals surface area contributed by atoms with Gasteiger partial charge in [-0.2, -0.15) is 9.57 Å². The molecule has 1 aliphatic rings. The first-order valence-corrected chi connectivity index (χ1v) is 8.37. The fraction of sp³-hybridized carbons (Fsp3) is 0.500. The fourth-order valence-electron chi connectivity index (χ4n) is 2.64. The summed E-state index contributed by atoms with van der Waals surface area (Å²) in [6.45, 7) is 0.152. The molecule has 0 spiro atoms. The van der Waals surface area contributed by atoms with Crippen molar-refractivity contribution in [1.82, 2.24) is 4.31 Å². The molecular weight excluding hydrogens is 290 g/mol. The van der Waals surface area contributed by atoms with E-state index < -0.39 is 16.1 Å². The van der Waals surface area contributed by atoms with Crippen molar-refractivity contribution in [2.24, 2.45) is 0 Å². The summed E-state index contributed by atoms with van der Waals surface area (Å²) in [5.41, 5.74) is 5.99. The maximum absolute atomic E-state index is 12.8. The van der Waals surface area contributed by atoms with Gasteiger partial charge in [-0.3, -0.25) is 0 Å². The van der Waals surface area contributed by atoms with Gasteiger partial charge in [-0.05, 0) is 31.0 Å². The van der Waals surface area contributed by atoms with Gasteiger partial charge in [0.05, 0.1) is 12.2 Å². The number of benzene rings is 1. The number of nitriles is 1. The molecule has 1 heterocycles. The molecular formula is C14H19N3O3S. The summed E-state index contributed by atoms with van der Waals surface area (Å²) < 4.78 is 27.0. The molecule has 1 aliphatic heterocycles. The van der Waals surface area contributed by atoms with Crippen LogP contribution in [0.2, 0.25) is 0 Å². The molecule has 3 N–H and O–H groups in total. The Labute approximate surface area is 124 Å². The smallest absolute Gasteiger partial charge is 0.244 e.